The second-order valence-corrected chi connectivity index (χ2v) is 15.9. The third kappa shape index (κ3) is 7.44. The van der Waals surface area contributed by atoms with Crippen molar-refractivity contribution >= 4 is 29.3 Å². The standard InChI is InChI=1S/C39H43F4N7O6/c1-21-33(47-56-46-21)35(52)45-34(32(22-8-9-22)23-10-11-23)36(53)44-27-17-29-25(16-26(27)40)28(50-19-30(39(41,42)43)48(2)20-31(50)51)18-38(55-29)12-14-49(15-13-38)37(54)24-6-4-3-5-7-24/h3-7,16-17,22-23,28,30,32,34H,8-15,18-20H2,1-2H3,(H,44,53)(H,45,52)/t28?,30-,34-/m0/s1. The first-order chi connectivity index (χ1) is 26.7. The summed E-state index contributed by atoms with van der Waals surface area (Å²) in [6.07, 6.45) is -0.396. The van der Waals surface area contributed by atoms with Crippen molar-refractivity contribution in [1.29, 1.82) is 0 Å². The molecule has 4 fully saturated rings. The number of amides is 4. The largest absolute Gasteiger partial charge is 0.487 e. The molecule has 2 N–H and O–H groups in total. The van der Waals surface area contributed by atoms with Gasteiger partial charge in [-0.15, -0.1) is 0 Å². The van der Waals surface area contributed by atoms with E-state index in [1.165, 1.54) is 18.0 Å². The van der Waals surface area contributed by atoms with Crippen LogP contribution < -0.4 is 15.4 Å². The van der Waals surface area contributed by atoms with Crippen molar-refractivity contribution in [2.45, 2.75) is 81.8 Å². The number of fused-ring (bicyclic) bond motifs is 1. The molecule has 56 heavy (non-hydrogen) atoms. The second-order valence-electron chi connectivity index (χ2n) is 15.9. The number of nitrogens with zero attached hydrogens (tertiary/aromatic N) is 5. The van der Waals surface area contributed by atoms with Crippen molar-refractivity contribution in [3.63, 3.8) is 0 Å². The van der Waals surface area contributed by atoms with Crippen LogP contribution in [0.5, 0.6) is 5.75 Å². The Morgan fingerprint density at radius 3 is 2.29 bits per heavy atom. The summed E-state index contributed by atoms with van der Waals surface area (Å²) in [5, 5.41) is 12.8. The molecule has 1 spiro atoms. The predicted octanol–water partition coefficient (Wildman–Crippen LogP) is 4.89. The van der Waals surface area contributed by atoms with Crippen molar-refractivity contribution in [3.05, 3.63) is 70.8 Å². The van der Waals surface area contributed by atoms with Crippen LogP contribution in [0.2, 0.25) is 0 Å². The van der Waals surface area contributed by atoms with Gasteiger partial charge in [-0.1, -0.05) is 23.4 Å². The highest BCUT2D eigenvalue weighted by atomic mass is 19.4. The van der Waals surface area contributed by atoms with Gasteiger partial charge in [-0.3, -0.25) is 24.1 Å². The van der Waals surface area contributed by atoms with Crippen LogP contribution in [0.3, 0.4) is 0 Å². The fourth-order valence-corrected chi connectivity index (χ4v) is 8.80. The zero-order valence-corrected chi connectivity index (χ0v) is 31.0. The topological polar surface area (TPSA) is 150 Å². The van der Waals surface area contributed by atoms with E-state index in [-0.39, 0.29) is 71.6 Å². The number of ether oxygens (including phenoxy) is 1. The smallest absolute Gasteiger partial charge is 0.405 e. The zero-order valence-electron chi connectivity index (χ0n) is 31.0. The molecule has 3 aromatic rings. The van der Waals surface area contributed by atoms with Crippen LogP contribution in [-0.4, -0.2) is 106 Å². The summed E-state index contributed by atoms with van der Waals surface area (Å²) in [5.74, 6) is -2.57. The van der Waals surface area contributed by atoms with E-state index in [0.717, 1.165) is 36.6 Å². The first-order valence-corrected chi connectivity index (χ1v) is 19.1. The lowest BCUT2D eigenvalue weighted by Gasteiger charge is -2.51. The van der Waals surface area contributed by atoms with Crippen LogP contribution in [0.15, 0.2) is 47.1 Å². The van der Waals surface area contributed by atoms with Gasteiger partial charge in [0.25, 0.3) is 11.8 Å². The molecule has 1 aromatic heterocycles. The van der Waals surface area contributed by atoms with E-state index in [4.69, 9.17) is 9.37 Å². The summed E-state index contributed by atoms with van der Waals surface area (Å²) in [6.45, 7) is 0.942. The number of hydrogen-bond acceptors (Lipinski definition) is 9. The Morgan fingerprint density at radius 2 is 1.68 bits per heavy atom. The molecular formula is C39H43F4N7O6. The number of aryl methyl sites for hydroxylation is 1. The molecule has 1 unspecified atom stereocenters. The third-order valence-corrected chi connectivity index (χ3v) is 12.1. The fourth-order valence-electron chi connectivity index (χ4n) is 8.80. The zero-order chi connectivity index (χ0) is 39.5. The van der Waals surface area contributed by atoms with Gasteiger partial charge in [-0.05, 0) is 80.8 Å². The first kappa shape index (κ1) is 37.8. The van der Waals surface area contributed by atoms with E-state index in [9.17, 15) is 32.3 Å². The molecule has 2 aromatic carbocycles. The number of alkyl halides is 3. The Labute approximate surface area is 320 Å². The van der Waals surface area contributed by atoms with Crippen LogP contribution in [0.1, 0.15) is 83.1 Å². The van der Waals surface area contributed by atoms with Crippen molar-refractivity contribution in [2.75, 3.05) is 38.5 Å². The van der Waals surface area contributed by atoms with E-state index < -0.39 is 66.5 Å². The summed E-state index contributed by atoms with van der Waals surface area (Å²) in [6, 6.07) is 7.25. The van der Waals surface area contributed by atoms with E-state index in [1.807, 2.05) is 6.07 Å². The lowest BCUT2D eigenvalue weighted by atomic mass is 9.79. The minimum atomic E-state index is -4.63. The van der Waals surface area contributed by atoms with E-state index >= 15 is 4.39 Å². The number of aromatic nitrogens is 2. The number of halogens is 4. The number of piperidine rings is 1. The highest BCUT2D eigenvalue weighted by Gasteiger charge is 2.53. The van der Waals surface area contributed by atoms with E-state index in [0.29, 0.717) is 18.4 Å². The van der Waals surface area contributed by atoms with Gasteiger partial charge >= 0.3 is 6.18 Å². The number of rotatable bonds is 9. The Balaban J connectivity index is 1.10. The minimum Gasteiger partial charge on any atom is -0.487 e. The maximum Gasteiger partial charge on any atom is 0.405 e. The summed E-state index contributed by atoms with van der Waals surface area (Å²) in [4.78, 5) is 58.1. The average Bonchev–Trinajstić information content (AvgIpc) is 4.11. The Kier molecular flexibility index (Phi) is 9.77. The molecule has 4 amide bonds. The number of nitrogens with one attached hydrogen (secondary N) is 2. The van der Waals surface area contributed by atoms with Crippen LogP contribution in [-0.2, 0) is 9.59 Å². The van der Waals surface area contributed by atoms with Gasteiger partial charge in [0.2, 0.25) is 11.8 Å². The fraction of sp³-hybridized carbons (Fsp3) is 0.538. The first-order valence-electron chi connectivity index (χ1n) is 19.1. The van der Waals surface area contributed by atoms with E-state index in [2.05, 4.69) is 20.9 Å². The third-order valence-electron chi connectivity index (χ3n) is 12.1. The summed E-state index contributed by atoms with van der Waals surface area (Å²) < 4.78 is 70.3. The number of carbonyl (C=O) groups is 4. The van der Waals surface area contributed by atoms with Crippen LogP contribution in [0.4, 0.5) is 23.2 Å². The lowest BCUT2D eigenvalue weighted by molar-refractivity contribution is -0.199. The average molecular weight is 782 g/mol. The quantitative estimate of drug-likeness (QED) is 0.290. The summed E-state index contributed by atoms with van der Waals surface area (Å²) in [7, 11) is 1.25. The monoisotopic (exact) mass is 781 g/mol. The molecule has 13 nitrogen and oxygen atoms in total. The van der Waals surface area contributed by atoms with Crippen LogP contribution >= 0.6 is 0 Å². The van der Waals surface area contributed by atoms with Gasteiger partial charge in [0.15, 0.2) is 5.69 Å². The second kappa shape index (κ2) is 14.5. The van der Waals surface area contributed by atoms with Crippen molar-refractivity contribution in [3.8, 4) is 5.75 Å². The Bertz CT molecular complexity index is 2000. The predicted molar refractivity (Wildman–Crippen MR) is 191 cm³/mol. The van der Waals surface area contributed by atoms with Gasteiger partial charge < -0.3 is 25.2 Å². The Hall–Kier alpha value is -5.06. The van der Waals surface area contributed by atoms with Crippen LogP contribution in [0.25, 0.3) is 0 Å². The number of piperazine rings is 1. The molecular weight excluding hydrogens is 738 g/mol. The number of hydrogen-bond donors (Lipinski definition) is 2. The molecule has 3 atom stereocenters. The van der Waals surface area contributed by atoms with Gasteiger partial charge in [0.05, 0.1) is 18.3 Å². The molecule has 2 saturated carbocycles. The van der Waals surface area contributed by atoms with Crippen molar-refractivity contribution in [1.82, 2.24) is 30.3 Å². The SMILES string of the molecule is Cc1nonc1C(=O)N[C@H](C(=O)Nc1cc2c(cc1F)C(N1C[C@@H](C(F)(F)F)N(C)CC1=O)CC1(CCN(C(=O)c3ccccc3)CC1)O2)C(C1CC1)C1CC1. The maximum absolute atomic E-state index is 16.3. The highest BCUT2D eigenvalue weighted by Crippen LogP contribution is 2.52. The molecule has 3 aliphatic heterocycles. The lowest BCUT2D eigenvalue weighted by Crippen LogP contribution is -2.62. The highest BCUT2D eigenvalue weighted by molar-refractivity contribution is 6.01. The minimum absolute atomic E-state index is 0.0689. The van der Waals surface area contributed by atoms with E-state index in [1.54, 1.807) is 36.1 Å². The van der Waals surface area contributed by atoms with Gasteiger partial charge in [-0.25, -0.2) is 9.02 Å². The molecule has 8 rings (SSSR count). The van der Waals surface area contributed by atoms with Gasteiger partial charge in [0.1, 0.15) is 34.9 Å². The number of carbonyl (C=O) groups excluding carboxylic acids is 4. The normalized spacial score (nSPS) is 23.1. The van der Waals surface area contributed by atoms with Crippen LogP contribution in [0, 0.1) is 30.5 Å². The molecule has 298 valence electrons. The Morgan fingerprint density at radius 1 is 1.00 bits per heavy atom. The van der Waals surface area contributed by atoms with Crippen molar-refractivity contribution < 1.29 is 46.1 Å². The molecule has 2 aliphatic carbocycles. The molecule has 4 heterocycles. The molecule has 17 heteroatoms. The molecule has 0 bridgehead atoms. The summed E-state index contributed by atoms with van der Waals surface area (Å²) >= 11 is 0. The summed E-state index contributed by atoms with van der Waals surface area (Å²) in [5.41, 5.74) is -0.400. The van der Waals surface area contributed by atoms with Gasteiger partial charge in [-0.2, -0.15) is 13.2 Å². The molecule has 2 saturated heterocycles. The number of likely N-dealkylation sites (N-methyl/N-ethyl adjacent to an activating group) is 1. The van der Waals surface area contributed by atoms with Crippen molar-refractivity contribution in [2.24, 2.45) is 17.8 Å². The number of anilines is 1. The molecule has 0 radical (unpaired) electrons. The maximum atomic E-state index is 16.3. The number of benzene rings is 2. The number of likely N-dealkylation sites (tertiary alicyclic amines) is 1. The van der Waals surface area contributed by atoms with Gasteiger partial charge in [0, 0.05) is 56.1 Å². The molecule has 5 aliphatic rings.